The van der Waals surface area contributed by atoms with Crippen LogP contribution < -0.4 is 10.6 Å². The molecule has 0 unspecified atom stereocenters. The summed E-state index contributed by atoms with van der Waals surface area (Å²) in [5.41, 5.74) is 1.92. The van der Waals surface area contributed by atoms with Crippen molar-refractivity contribution in [2.24, 2.45) is 0 Å². The van der Waals surface area contributed by atoms with Gasteiger partial charge in [-0.1, -0.05) is 30.3 Å². The van der Waals surface area contributed by atoms with E-state index in [-0.39, 0.29) is 5.91 Å². The summed E-state index contributed by atoms with van der Waals surface area (Å²) in [7, 11) is 0. The number of anilines is 1. The van der Waals surface area contributed by atoms with E-state index in [1.54, 1.807) is 0 Å². The third-order valence-corrected chi connectivity index (χ3v) is 5.59. The number of carbonyl (C=O) groups excluding carboxylic acids is 1. The van der Waals surface area contributed by atoms with Crippen LogP contribution in [0.5, 0.6) is 0 Å². The molecule has 1 aliphatic carbocycles. The maximum absolute atomic E-state index is 12.0. The molecule has 1 aliphatic heterocycles. The molecule has 2 N–H and O–H groups in total. The van der Waals surface area contributed by atoms with Crippen LogP contribution in [0.3, 0.4) is 0 Å². The van der Waals surface area contributed by atoms with Crippen molar-refractivity contribution in [1.82, 2.24) is 15.2 Å². The van der Waals surface area contributed by atoms with Crippen LogP contribution in [0.4, 0.5) is 5.13 Å². The summed E-state index contributed by atoms with van der Waals surface area (Å²) in [5.74, 6) is -0.0375. The number of amides is 1. The van der Waals surface area contributed by atoms with Crippen LogP contribution in [-0.4, -0.2) is 41.0 Å². The van der Waals surface area contributed by atoms with Crippen molar-refractivity contribution in [3.8, 4) is 0 Å². The van der Waals surface area contributed by atoms with Crippen molar-refractivity contribution in [2.45, 2.75) is 44.3 Å². The summed E-state index contributed by atoms with van der Waals surface area (Å²) in [5, 5.41) is 9.21. The van der Waals surface area contributed by atoms with Crippen LogP contribution in [0.1, 0.15) is 41.7 Å². The molecule has 1 amide bonds. The van der Waals surface area contributed by atoms with E-state index in [0.29, 0.717) is 17.8 Å². The molecule has 0 spiro atoms. The molecule has 2 aromatic rings. The summed E-state index contributed by atoms with van der Waals surface area (Å²) in [4.78, 5) is 19.0. The minimum atomic E-state index is -0.0375. The van der Waals surface area contributed by atoms with E-state index in [4.69, 9.17) is 0 Å². The van der Waals surface area contributed by atoms with Crippen LogP contribution in [0, 0.1) is 0 Å². The molecule has 5 nitrogen and oxygen atoms in total. The van der Waals surface area contributed by atoms with Gasteiger partial charge in [-0.25, -0.2) is 4.98 Å². The first kappa shape index (κ1) is 16.5. The Hall–Kier alpha value is -1.92. The third kappa shape index (κ3) is 4.58. The third-order valence-electron chi connectivity index (χ3n) is 4.81. The van der Waals surface area contributed by atoms with Crippen molar-refractivity contribution in [2.75, 3.05) is 18.4 Å². The standard InChI is InChI=1S/C19H24N4OS/c24-18(20-15-6-7-15)17-13-25-19(22-17)21-16-8-10-23(11-9-16)12-14-4-2-1-3-5-14/h1-5,13,15-16H,6-12H2,(H,20,24)(H,21,22). The Morgan fingerprint density at radius 2 is 1.88 bits per heavy atom. The summed E-state index contributed by atoms with van der Waals surface area (Å²) < 4.78 is 0. The number of piperidine rings is 1. The van der Waals surface area contributed by atoms with Gasteiger partial charge in [0.1, 0.15) is 5.69 Å². The quantitative estimate of drug-likeness (QED) is 0.835. The maximum Gasteiger partial charge on any atom is 0.271 e. The molecule has 1 aromatic carbocycles. The van der Waals surface area contributed by atoms with Gasteiger partial charge < -0.3 is 10.6 Å². The van der Waals surface area contributed by atoms with Gasteiger partial charge in [-0.2, -0.15) is 0 Å². The fraction of sp³-hybridized carbons (Fsp3) is 0.474. The zero-order chi connectivity index (χ0) is 17.1. The molecule has 0 radical (unpaired) electrons. The lowest BCUT2D eigenvalue weighted by molar-refractivity contribution is 0.0947. The van der Waals surface area contributed by atoms with Crippen LogP contribution in [-0.2, 0) is 6.54 Å². The largest absolute Gasteiger partial charge is 0.359 e. The Bertz CT molecular complexity index is 705. The monoisotopic (exact) mass is 356 g/mol. The van der Waals surface area contributed by atoms with E-state index in [2.05, 4.69) is 50.8 Å². The number of aromatic nitrogens is 1. The molecule has 132 valence electrons. The zero-order valence-electron chi connectivity index (χ0n) is 14.3. The molecule has 2 heterocycles. The van der Waals surface area contributed by atoms with E-state index in [0.717, 1.165) is 50.4 Å². The van der Waals surface area contributed by atoms with Crippen LogP contribution in [0.2, 0.25) is 0 Å². The van der Waals surface area contributed by atoms with Crippen molar-refractivity contribution >= 4 is 22.4 Å². The number of nitrogens with zero attached hydrogens (tertiary/aromatic N) is 2. The van der Waals surface area contributed by atoms with Gasteiger partial charge in [0.25, 0.3) is 5.91 Å². The highest BCUT2D eigenvalue weighted by molar-refractivity contribution is 7.13. The number of nitrogens with one attached hydrogen (secondary N) is 2. The fourth-order valence-corrected chi connectivity index (χ4v) is 3.95. The molecule has 4 rings (SSSR count). The Labute approximate surface area is 152 Å². The Morgan fingerprint density at radius 1 is 1.12 bits per heavy atom. The topological polar surface area (TPSA) is 57.3 Å². The maximum atomic E-state index is 12.0. The van der Waals surface area contributed by atoms with Gasteiger partial charge in [-0.05, 0) is 31.2 Å². The minimum absolute atomic E-state index is 0.0375. The highest BCUT2D eigenvalue weighted by Gasteiger charge is 2.25. The molecule has 0 atom stereocenters. The number of thiazole rings is 1. The van der Waals surface area contributed by atoms with Crippen LogP contribution in [0.25, 0.3) is 0 Å². The number of rotatable bonds is 6. The van der Waals surface area contributed by atoms with Gasteiger partial charge >= 0.3 is 0 Å². The number of hydrogen-bond donors (Lipinski definition) is 2. The van der Waals surface area contributed by atoms with E-state index in [9.17, 15) is 4.79 Å². The SMILES string of the molecule is O=C(NC1CC1)c1csc(NC2CCN(Cc3ccccc3)CC2)n1. The van der Waals surface area contributed by atoms with Gasteiger partial charge in [0.2, 0.25) is 0 Å². The molecule has 2 aliphatic rings. The molecular weight excluding hydrogens is 332 g/mol. The lowest BCUT2D eigenvalue weighted by atomic mass is 10.0. The smallest absolute Gasteiger partial charge is 0.271 e. The van der Waals surface area contributed by atoms with Gasteiger partial charge in [0.15, 0.2) is 5.13 Å². The number of hydrogen-bond acceptors (Lipinski definition) is 5. The minimum Gasteiger partial charge on any atom is -0.359 e. The predicted octanol–water partition coefficient (Wildman–Crippen LogP) is 3.11. The van der Waals surface area contributed by atoms with E-state index in [1.165, 1.54) is 16.9 Å². The Kier molecular flexibility index (Phi) is 4.99. The summed E-state index contributed by atoms with van der Waals surface area (Å²) in [6.07, 6.45) is 4.41. The zero-order valence-corrected chi connectivity index (χ0v) is 15.1. The molecule has 2 fully saturated rings. The van der Waals surface area contributed by atoms with Gasteiger partial charge in [0.05, 0.1) is 0 Å². The Morgan fingerprint density at radius 3 is 2.60 bits per heavy atom. The normalized spacial score (nSPS) is 18.9. The lowest BCUT2D eigenvalue weighted by Crippen LogP contribution is -2.38. The Balaban J connectivity index is 1.24. The molecule has 1 saturated heterocycles. The number of carbonyl (C=O) groups is 1. The van der Waals surface area contributed by atoms with Gasteiger partial charge in [-0.15, -0.1) is 11.3 Å². The molecular formula is C19H24N4OS. The number of likely N-dealkylation sites (tertiary alicyclic amines) is 1. The van der Waals surface area contributed by atoms with E-state index >= 15 is 0 Å². The second-order valence-corrected chi connectivity index (χ2v) is 7.82. The molecule has 6 heteroatoms. The van der Waals surface area contributed by atoms with Gasteiger partial charge in [-0.3, -0.25) is 9.69 Å². The van der Waals surface area contributed by atoms with E-state index in [1.807, 2.05) is 5.38 Å². The van der Waals surface area contributed by atoms with Crippen molar-refractivity contribution in [1.29, 1.82) is 0 Å². The average Bonchev–Trinajstić information content (AvgIpc) is 3.32. The summed E-state index contributed by atoms with van der Waals surface area (Å²) in [6, 6.07) is 11.5. The lowest BCUT2D eigenvalue weighted by Gasteiger charge is -2.32. The van der Waals surface area contributed by atoms with Crippen molar-refractivity contribution < 1.29 is 4.79 Å². The van der Waals surface area contributed by atoms with Crippen LogP contribution in [0.15, 0.2) is 35.7 Å². The predicted molar refractivity (Wildman–Crippen MR) is 101 cm³/mol. The summed E-state index contributed by atoms with van der Waals surface area (Å²) in [6.45, 7) is 3.20. The molecule has 25 heavy (non-hydrogen) atoms. The highest BCUT2D eigenvalue weighted by atomic mass is 32.1. The molecule has 1 aromatic heterocycles. The molecule has 1 saturated carbocycles. The second-order valence-electron chi connectivity index (χ2n) is 6.97. The first-order valence-electron chi connectivity index (χ1n) is 9.05. The highest BCUT2D eigenvalue weighted by Crippen LogP contribution is 2.23. The summed E-state index contributed by atoms with van der Waals surface area (Å²) >= 11 is 1.53. The fourth-order valence-electron chi connectivity index (χ4n) is 3.18. The number of benzene rings is 1. The first-order valence-corrected chi connectivity index (χ1v) is 9.93. The van der Waals surface area contributed by atoms with Crippen LogP contribution >= 0.6 is 11.3 Å². The second kappa shape index (κ2) is 7.54. The molecule has 0 bridgehead atoms. The first-order chi connectivity index (χ1) is 12.3. The van der Waals surface area contributed by atoms with Crippen molar-refractivity contribution in [3.63, 3.8) is 0 Å². The van der Waals surface area contributed by atoms with Gasteiger partial charge in [0, 0.05) is 37.1 Å². The van der Waals surface area contributed by atoms with E-state index < -0.39 is 0 Å². The average molecular weight is 356 g/mol. The van der Waals surface area contributed by atoms with Crippen molar-refractivity contribution in [3.05, 3.63) is 47.0 Å².